The second-order valence-corrected chi connectivity index (χ2v) is 6.74. The number of rotatable bonds is 7. The molecule has 0 radical (unpaired) electrons. The number of Topliss-reactive ketones (excluding diaryl/α,β-unsaturated/α-hetero) is 1. The van der Waals surface area contributed by atoms with E-state index in [1.165, 1.54) is 7.11 Å². The average molecular weight is 323 g/mol. The molecule has 0 bridgehead atoms. The molecule has 0 aromatic rings. The summed E-state index contributed by atoms with van der Waals surface area (Å²) in [5, 5.41) is 10.7. The molecule has 0 amide bonds. The first-order chi connectivity index (χ1) is 10.8. The molecule has 0 heterocycles. The van der Waals surface area contributed by atoms with Crippen LogP contribution in [0.4, 0.5) is 0 Å². The summed E-state index contributed by atoms with van der Waals surface area (Å²) in [6.07, 6.45) is 3.58. The number of hydrogen-bond donors (Lipinski definition) is 1. The van der Waals surface area contributed by atoms with Crippen molar-refractivity contribution in [3.8, 4) is 0 Å². The van der Waals surface area contributed by atoms with E-state index in [4.69, 9.17) is 4.74 Å². The third-order valence-corrected chi connectivity index (χ3v) is 4.23. The van der Waals surface area contributed by atoms with Crippen molar-refractivity contribution in [1.82, 2.24) is 0 Å². The highest BCUT2D eigenvalue weighted by molar-refractivity contribution is 6.23. The van der Waals surface area contributed by atoms with Gasteiger partial charge in [-0.05, 0) is 18.3 Å². The molecular weight excluding hydrogens is 294 g/mol. The van der Waals surface area contributed by atoms with Gasteiger partial charge in [-0.15, -0.1) is 0 Å². The molecule has 0 aliphatic heterocycles. The van der Waals surface area contributed by atoms with Crippen molar-refractivity contribution in [3.63, 3.8) is 0 Å². The number of carbonyl (C=O) groups is 2. The molecule has 130 valence electrons. The quantitative estimate of drug-likeness (QED) is 0.441. The molecule has 23 heavy (non-hydrogen) atoms. The van der Waals surface area contributed by atoms with E-state index in [1.54, 1.807) is 13.8 Å². The molecule has 1 rings (SSSR count). The molecule has 1 aliphatic carbocycles. The molecule has 1 N–H and O–H groups in total. The number of esters is 1. The Hall–Kier alpha value is -1.65. The Balaban J connectivity index is 3.34. The molecule has 0 saturated heterocycles. The van der Waals surface area contributed by atoms with E-state index >= 15 is 0 Å². The van der Waals surface area contributed by atoms with E-state index in [-0.39, 0.29) is 23.5 Å². The van der Waals surface area contributed by atoms with Crippen LogP contribution in [0, 0.1) is 11.3 Å². The monoisotopic (exact) mass is 323 g/mol. The van der Waals surface area contributed by atoms with Gasteiger partial charge in [-0.3, -0.25) is 14.6 Å². The second-order valence-electron chi connectivity index (χ2n) is 6.74. The molecule has 0 aromatic carbocycles. The van der Waals surface area contributed by atoms with Crippen LogP contribution in [-0.4, -0.2) is 36.2 Å². The highest BCUT2D eigenvalue weighted by atomic mass is 16.5. The number of nitrogens with zero attached hydrogens (tertiary/aromatic N) is 1. The molecule has 1 aliphatic rings. The zero-order valence-electron chi connectivity index (χ0n) is 14.9. The summed E-state index contributed by atoms with van der Waals surface area (Å²) in [7, 11) is 1.30. The number of carbonyl (C=O) groups excluding carboxylic acids is 2. The van der Waals surface area contributed by atoms with Crippen LogP contribution in [0.25, 0.3) is 0 Å². The van der Waals surface area contributed by atoms with Gasteiger partial charge < -0.3 is 9.84 Å². The van der Waals surface area contributed by atoms with E-state index in [9.17, 15) is 14.7 Å². The number of hydrogen-bond acceptors (Lipinski definition) is 5. The number of aliphatic hydroxyl groups is 1. The summed E-state index contributed by atoms with van der Waals surface area (Å²) in [5.41, 5.74) is 0.184. The summed E-state index contributed by atoms with van der Waals surface area (Å²) in [6, 6.07) is 0. The van der Waals surface area contributed by atoms with Crippen LogP contribution in [0.3, 0.4) is 0 Å². The van der Waals surface area contributed by atoms with Gasteiger partial charge in [0, 0.05) is 18.7 Å². The van der Waals surface area contributed by atoms with Gasteiger partial charge in [0.25, 0.3) is 0 Å². The van der Waals surface area contributed by atoms with Crippen LogP contribution >= 0.6 is 0 Å². The van der Waals surface area contributed by atoms with Gasteiger partial charge in [0.2, 0.25) is 0 Å². The van der Waals surface area contributed by atoms with Gasteiger partial charge in [0.15, 0.2) is 5.78 Å². The van der Waals surface area contributed by atoms with Crippen LogP contribution in [0.2, 0.25) is 0 Å². The summed E-state index contributed by atoms with van der Waals surface area (Å²) >= 11 is 0. The Morgan fingerprint density at radius 2 is 2.00 bits per heavy atom. The molecule has 1 atom stereocenters. The first kappa shape index (κ1) is 19.4. The highest BCUT2D eigenvalue weighted by Crippen LogP contribution is 2.42. The third-order valence-electron chi connectivity index (χ3n) is 4.23. The Morgan fingerprint density at radius 3 is 2.52 bits per heavy atom. The van der Waals surface area contributed by atoms with Crippen molar-refractivity contribution in [1.29, 1.82) is 0 Å². The second kappa shape index (κ2) is 8.27. The lowest BCUT2D eigenvalue weighted by Crippen LogP contribution is -2.41. The number of aliphatic hydroxyl groups excluding tert-OH is 1. The van der Waals surface area contributed by atoms with Crippen molar-refractivity contribution >= 4 is 17.5 Å². The molecular formula is C18H29NO4. The minimum Gasteiger partial charge on any atom is -0.511 e. The number of ether oxygens (including phenoxy) is 1. The lowest BCUT2D eigenvalue weighted by Gasteiger charge is -2.36. The number of methoxy groups -OCH3 is 1. The summed E-state index contributed by atoms with van der Waals surface area (Å²) < 4.78 is 4.83. The third kappa shape index (κ3) is 4.43. The van der Waals surface area contributed by atoms with Crippen molar-refractivity contribution in [2.24, 2.45) is 16.3 Å². The Bertz CT molecular complexity index is 517. The number of allylic oxidation sites excluding steroid dienone is 1. The number of ketones is 1. The van der Waals surface area contributed by atoms with E-state index in [2.05, 4.69) is 11.9 Å². The molecule has 0 spiro atoms. The van der Waals surface area contributed by atoms with E-state index in [1.807, 2.05) is 6.92 Å². The highest BCUT2D eigenvalue weighted by Gasteiger charge is 2.47. The van der Waals surface area contributed by atoms with Crippen LogP contribution in [0.15, 0.2) is 16.3 Å². The molecule has 0 saturated carbocycles. The van der Waals surface area contributed by atoms with E-state index in [0.717, 1.165) is 19.3 Å². The molecule has 5 nitrogen and oxygen atoms in total. The number of aliphatic imine (C=N–C) groups is 1. The van der Waals surface area contributed by atoms with Gasteiger partial charge in [0.05, 0.1) is 12.7 Å². The molecule has 0 fully saturated rings. The number of unbranched alkanes of at least 4 members (excludes halogenated alkanes) is 1. The minimum atomic E-state index is -0.826. The minimum absolute atomic E-state index is 0.142. The summed E-state index contributed by atoms with van der Waals surface area (Å²) in [5.74, 6) is -1.66. The molecule has 5 heteroatoms. The molecule has 0 aromatic heterocycles. The van der Waals surface area contributed by atoms with Crippen molar-refractivity contribution < 1.29 is 19.4 Å². The zero-order chi connectivity index (χ0) is 17.6. The Kier molecular flexibility index (Phi) is 6.98. The van der Waals surface area contributed by atoms with Crippen LogP contribution in [0.1, 0.15) is 59.8 Å². The summed E-state index contributed by atoms with van der Waals surface area (Å²) in [4.78, 5) is 29.2. The van der Waals surface area contributed by atoms with Gasteiger partial charge in [-0.1, -0.05) is 40.5 Å². The first-order valence-electron chi connectivity index (χ1n) is 8.37. The Labute approximate surface area is 138 Å². The largest absolute Gasteiger partial charge is 0.511 e. The van der Waals surface area contributed by atoms with Crippen LogP contribution in [-0.2, 0) is 14.3 Å². The fourth-order valence-electron chi connectivity index (χ4n) is 3.01. The zero-order valence-corrected chi connectivity index (χ0v) is 14.9. The fraction of sp³-hybridized carbons (Fsp3) is 0.722. The normalized spacial score (nSPS) is 21.5. The first-order valence-corrected chi connectivity index (χ1v) is 8.37. The smallest absolute Gasteiger partial charge is 0.316 e. The van der Waals surface area contributed by atoms with Crippen molar-refractivity contribution in [2.45, 2.75) is 59.8 Å². The van der Waals surface area contributed by atoms with Gasteiger partial charge in [-0.25, -0.2) is 0 Å². The lowest BCUT2D eigenvalue weighted by molar-refractivity contribution is -0.150. The van der Waals surface area contributed by atoms with Gasteiger partial charge in [-0.2, -0.15) is 0 Å². The maximum Gasteiger partial charge on any atom is 0.316 e. The summed E-state index contributed by atoms with van der Waals surface area (Å²) in [6.45, 7) is 8.30. The topological polar surface area (TPSA) is 76.0 Å². The predicted octanol–water partition coefficient (Wildman–Crippen LogP) is 3.63. The molecule has 1 unspecified atom stereocenters. The van der Waals surface area contributed by atoms with Crippen LogP contribution in [0.5, 0.6) is 0 Å². The van der Waals surface area contributed by atoms with Crippen molar-refractivity contribution in [3.05, 3.63) is 11.3 Å². The Morgan fingerprint density at radius 1 is 1.35 bits per heavy atom. The maximum absolute atomic E-state index is 12.6. The van der Waals surface area contributed by atoms with Gasteiger partial charge >= 0.3 is 5.97 Å². The predicted molar refractivity (Wildman–Crippen MR) is 90.7 cm³/mol. The van der Waals surface area contributed by atoms with E-state index in [0.29, 0.717) is 18.7 Å². The van der Waals surface area contributed by atoms with Gasteiger partial charge in [0.1, 0.15) is 11.7 Å². The fourth-order valence-corrected chi connectivity index (χ4v) is 3.01. The average Bonchev–Trinajstić information content (AvgIpc) is 2.45. The lowest BCUT2D eigenvalue weighted by atomic mass is 9.67. The SMILES string of the molecule is CCCCN=C(CCC)C1=C(O)C(C(=O)OC)C(C)(C)CC1=O. The standard InChI is InChI=1S/C18H29NO4/c1-6-8-10-19-12(9-7-2)14-13(20)11-18(3,4)15(16(14)21)17(22)23-5/h15,21H,6-11H2,1-5H3. The maximum atomic E-state index is 12.6. The van der Waals surface area contributed by atoms with Crippen molar-refractivity contribution in [2.75, 3.05) is 13.7 Å². The van der Waals surface area contributed by atoms with E-state index < -0.39 is 17.3 Å². The van der Waals surface area contributed by atoms with Crippen LogP contribution < -0.4 is 0 Å².